The summed E-state index contributed by atoms with van der Waals surface area (Å²) >= 11 is 0. The predicted octanol–water partition coefficient (Wildman–Crippen LogP) is 5.56. The zero-order valence-corrected chi connectivity index (χ0v) is 18.0. The zero-order chi connectivity index (χ0) is 20.6. The smallest absolute Gasteiger partial charge is 0.338 e. The molecule has 0 spiro atoms. The Balaban J connectivity index is 1.99. The minimum absolute atomic E-state index is 0.153. The van der Waals surface area contributed by atoms with Crippen LogP contribution in [0.25, 0.3) is 0 Å². The van der Waals surface area contributed by atoms with Crippen LogP contribution in [0.4, 0.5) is 11.4 Å². The van der Waals surface area contributed by atoms with Crippen molar-refractivity contribution >= 4 is 23.6 Å². The molecule has 1 atom stereocenters. The fraction of sp³-hybridized carbons (Fsp3) is 0.417. The molecule has 0 radical (unpaired) electrons. The second-order valence-electron chi connectivity index (χ2n) is 8.44. The molecule has 1 heterocycles. The first-order chi connectivity index (χ1) is 13.2. The quantitative estimate of drug-likeness (QED) is 0.518. The van der Waals surface area contributed by atoms with Crippen molar-refractivity contribution in [3.63, 3.8) is 0 Å². The standard InChI is InChI=1S/C24H30N2O2/c1-15-11-22-20(16(2)13-24(4,5)26(22)6)12-18(15)14-25-21-10-8-9-19(17(21)3)23(27)28-7/h8-12,14,16H,13H2,1-7H3. The summed E-state index contributed by atoms with van der Waals surface area (Å²) in [6, 6.07) is 10.1. The Morgan fingerprint density at radius 3 is 2.68 bits per heavy atom. The van der Waals surface area contributed by atoms with Gasteiger partial charge in [-0.2, -0.15) is 0 Å². The van der Waals surface area contributed by atoms with E-state index in [1.807, 2.05) is 25.3 Å². The molecule has 1 aliphatic rings. The third-order valence-corrected chi connectivity index (χ3v) is 6.07. The zero-order valence-electron chi connectivity index (χ0n) is 18.0. The Bertz CT molecular complexity index is 944. The molecule has 2 aromatic carbocycles. The molecule has 1 unspecified atom stereocenters. The fourth-order valence-electron chi connectivity index (χ4n) is 4.11. The Labute approximate surface area is 168 Å². The number of nitrogens with zero attached hydrogens (tertiary/aromatic N) is 2. The fourth-order valence-corrected chi connectivity index (χ4v) is 4.11. The molecule has 0 N–H and O–H groups in total. The van der Waals surface area contributed by atoms with E-state index in [1.54, 1.807) is 6.07 Å². The second kappa shape index (κ2) is 7.42. The van der Waals surface area contributed by atoms with Gasteiger partial charge in [-0.3, -0.25) is 4.99 Å². The van der Waals surface area contributed by atoms with Crippen molar-refractivity contribution in [1.82, 2.24) is 0 Å². The van der Waals surface area contributed by atoms with Crippen LogP contribution in [0.5, 0.6) is 0 Å². The number of ether oxygens (including phenoxy) is 1. The van der Waals surface area contributed by atoms with Crippen LogP contribution < -0.4 is 4.90 Å². The molecule has 28 heavy (non-hydrogen) atoms. The van der Waals surface area contributed by atoms with Gasteiger partial charge in [0.05, 0.1) is 18.4 Å². The maximum Gasteiger partial charge on any atom is 0.338 e. The summed E-state index contributed by atoms with van der Waals surface area (Å²) in [5.41, 5.74) is 7.30. The summed E-state index contributed by atoms with van der Waals surface area (Å²) in [7, 11) is 3.58. The van der Waals surface area contributed by atoms with Crippen molar-refractivity contribution in [2.75, 3.05) is 19.1 Å². The van der Waals surface area contributed by atoms with Gasteiger partial charge in [0.15, 0.2) is 0 Å². The molecule has 0 fully saturated rings. The van der Waals surface area contributed by atoms with Crippen LogP contribution in [-0.2, 0) is 4.74 Å². The molecule has 1 aliphatic heterocycles. The summed E-state index contributed by atoms with van der Waals surface area (Å²) < 4.78 is 4.86. The van der Waals surface area contributed by atoms with Gasteiger partial charge in [0.2, 0.25) is 0 Å². The van der Waals surface area contributed by atoms with Gasteiger partial charge < -0.3 is 9.64 Å². The lowest BCUT2D eigenvalue weighted by atomic mass is 9.79. The van der Waals surface area contributed by atoms with Crippen LogP contribution in [0.3, 0.4) is 0 Å². The second-order valence-corrected chi connectivity index (χ2v) is 8.44. The average molecular weight is 379 g/mol. The van der Waals surface area contributed by atoms with Gasteiger partial charge in [0, 0.05) is 24.5 Å². The molecule has 2 aromatic rings. The van der Waals surface area contributed by atoms with Gasteiger partial charge in [-0.25, -0.2) is 4.79 Å². The summed E-state index contributed by atoms with van der Waals surface area (Å²) in [4.78, 5) is 19.0. The first-order valence-corrected chi connectivity index (χ1v) is 9.76. The number of rotatable bonds is 3. The van der Waals surface area contributed by atoms with Crippen LogP contribution in [-0.4, -0.2) is 31.9 Å². The van der Waals surface area contributed by atoms with Gasteiger partial charge in [-0.05, 0) is 86.6 Å². The van der Waals surface area contributed by atoms with Crippen LogP contribution in [0.15, 0.2) is 35.3 Å². The predicted molar refractivity (Wildman–Crippen MR) is 116 cm³/mol. The lowest BCUT2D eigenvalue weighted by molar-refractivity contribution is 0.0600. The SMILES string of the molecule is COC(=O)c1cccc(N=Cc2cc3c(cc2C)N(C)C(C)(C)CC3C)c1C. The highest BCUT2D eigenvalue weighted by atomic mass is 16.5. The maximum atomic E-state index is 11.9. The molecule has 3 rings (SSSR count). The number of benzene rings is 2. The number of anilines is 1. The highest BCUT2D eigenvalue weighted by Crippen LogP contribution is 2.43. The minimum atomic E-state index is -0.334. The molecule has 4 heteroatoms. The summed E-state index contributed by atoms with van der Waals surface area (Å²) in [5.74, 6) is 0.164. The third-order valence-electron chi connectivity index (χ3n) is 6.07. The minimum Gasteiger partial charge on any atom is -0.465 e. The number of aliphatic imine (C=N–C) groups is 1. The summed E-state index contributed by atoms with van der Waals surface area (Å²) in [6.07, 6.45) is 3.03. The van der Waals surface area contributed by atoms with Crippen molar-refractivity contribution in [3.8, 4) is 0 Å². The van der Waals surface area contributed by atoms with E-state index in [-0.39, 0.29) is 11.5 Å². The number of fused-ring (bicyclic) bond motifs is 1. The average Bonchev–Trinajstić information content (AvgIpc) is 2.65. The van der Waals surface area contributed by atoms with Gasteiger partial charge >= 0.3 is 5.97 Å². The van der Waals surface area contributed by atoms with Crippen molar-refractivity contribution in [1.29, 1.82) is 0 Å². The lowest BCUT2D eigenvalue weighted by Crippen LogP contribution is -2.45. The first-order valence-electron chi connectivity index (χ1n) is 9.76. The monoisotopic (exact) mass is 378 g/mol. The van der Waals surface area contributed by atoms with Gasteiger partial charge in [0.25, 0.3) is 0 Å². The molecule has 0 saturated carbocycles. The van der Waals surface area contributed by atoms with E-state index in [9.17, 15) is 4.79 Å². The van der Waals surface area contributed by atoms with E-state index >= 15 is 0 Å². The van der Waals surface area contributed by atoms with Gasteiger partial charge in [-0.15, -0.1) is 0 Å². The van der Waals surface area contributed by atoms with E-state index in [2.05, 4.69) is 56.8 Å². The highest BCUT2D eigenvalue weighted by Gasteiger charge is 2.34. The lowest BCUT2D eigenvalue weighted by Gasteiger charge is -2.45. The van der Waals surface area contributed by atoms with Crippen LogP contribution in [0, 0.1) is 13.8 Å². The van der Waals surface area contributed by atoms with Crippen molar-refractivity contribution in [2.24, 2.45) is 4.99 Å². The molecule has 0 bridgehead atoms. The summed E-state index contributed by atoms with van der Waals surface area (Å²) in [6.45, 7) is 10.9. The Morgan fingerprint density at radius 2 is 2.00 bits per heavy atom. The van der Waals surface area contributed by atoms with Gasteiger partial charge in [0.1, 0.15) is 0 Å². The number of carbonyl (C=O) groups is 1. The molecule has 4 nitrogen and oxygen atoms in total. The molecule has 0 aliphatic carbocycles. The van der Waals surface area contributed by atoms with Crippen LogP contribution >= 0.6 is 0 Å². The third kappa shape index (κ3) is 3.56. The molecule has 0 saturated heterocycles. The highest BCUT2D eigenvalue weighted by molar-refractivity contribution is 5.93. The van der Waals surface area contributed by atoms with Crippen LogP contribution in [0.1, 0.15) is 65.7 Å². The number of hydrogen-bond acceptors (Lipinski definition) is 4. The van der Waals surface area contributed by atoms with E-state index in [4.69, 9.17) is 4.74 Å². The number of carbonyl (C=O) groups excluding carboxylic acids is 1. The first kappa shape index (κ1) is 20.1. The Morgan fingerprint density at radius 1 is 1.29 bits per heavy atom. The molecular weight excluding hydrogens is 348 g/mol. The van der Waals surface area contributed by atoms with E-state index in [0.717, 1.165) is 23.2 Å². The summed E-state index contributed by atoms with van der Waals surface area (Å²) in [5, 5.41) is 0. The molecule has 0 amide bonds. The van der Waals surface area contributed by atoms with Crippen LogP contribution in [0.2, 0.25) is 0 Å². The van der Waals surface area contributed by atoms with E-state index in [0.29, 0.717) is 11.5 Å². The van der Waals surface area contributed by atoms with Crippen molar-refractivity contribution in [3.05, 3.63) is 58.1 Å². The molecule has 148 valence electrons. The van der Waals surface area contributed by atoms with Crippen molar-refractivity contribution in [2.45, 2.75) is 52.5 Å². The number of methoxy groups -OCH3 is 1. The number of esters is 1. The number of hydrogen-bond donors (Lipinski definition) is 0. The number of aryl methyl sites for hydroxylation is 1. The Hall–Kier alpha value is -2.62. The molecular formula is C24H30N2O2. The van der Waals surface area contributed by atoms with Gasteiger partial charge in [-0.1, -0.05) is 13.0 Å². The van der Waals surface area contributed by atoms with E-state index < -0.39 is 0 Å². The van der Waals surface area contributed by atoms with Crippen molar-refractivity contribution < 1.29 is 9.53 Å². The molecule has 0 aromatic heterocycles. The maximum absolute atomic E-state index is 11.9. The van der Waals surface area contributed by atoms with E-state index in [1.165, 1.54) is 23.9 Å². The Kier molecular flexibility index (Phi) is 5.33. The largest absolute Gasteiger partial charge is 0.465 e. The topological polar surface area (TPSA) is 41.9 Å². The normalized spacial score (nSPS) is 18.2.